The molecule has 1 aromatic carbocycles. The Hall–Kier alpha value is -1.86. The minimum atomic E-state index is -0.0710. The van der Waals surface area contributed by atoms with Gasteiger partial charge < -0.3 is 4.90 Å². The van der Waals surface area contributed by atoms with Gasteiger partial charge in [-0.25, -0.2) is 0 Å². The van der Waals surface area contributed by atoms with Gasteiger partial charge in [0.15, 0.2) is 0 Å². The number of hydrogen-bond donors (Lipinski definition) is 0. The lowest BCUT2D eigenvalue weighted by atomic mass is 9.94. The summed E-state index contributed by atoms with van der Waals surface area (Å²) in [7, 11) is 0. The summed E-state index contributed by atoms with van der Waals surface area (Å²) in [6.07, 6.45) is 0.817. The number of nitrogens with zero attached hydrogens (tertiary/aromatic N) is 3. The Morgan fingerprint density at radius 3 is 2.38 bits per heavy atom. The number of nitriles is 1. The van der Waals surface area contributed by atoms with Crippen molar-refractivity contribution in [1.29, 1.82) is 5.26 Å². The standard InChI is InChI=1S/C17H23N3O/c1-3-16(15-7-5-4-6-8-15)17(21)20-11-9-19(10-12-20)14(2)13-18/h4-8,14,16H,3,9-12H2,1-2H3. The van der Waals surface area contributed by atoms with Gasteiger partial charge in [-0.3, -0.25) is 9.69 Å². The summed E-state index contributed by atoms with van der Waals surface area (Å²) in [5, 5.41) is 8.96. The first kappa shape index (κ1) is 15.5. The van der Waals surface area contributed by atoms with E-state index in [0.29, 0.717) is 13.1 Å². The fourth-order valence-corrected chi connectivity index (χ4v) is 2.87. The van der Waals surface area contributed by atoms with Crippen LogP contribution in [0.4, 0.5) is 0 Å². The number of rotatable bonds is 4. The van der Waals surface area contributed by atoms with E-state index in [0.717, 1.165) is 25.1 Å². The highest BCUT2D eigenvalue weighted by molar-refractivity contribution is 5.83. The van der Waals surface area contributed by atoms with Gasteiger partial charge in [-0.2, -0.15) is 5.26 Å². The first-order chi connectivity index (χ1) is 10.2. The van der Waals surface area contributed by atoms with Crippen LogP contribution in [-0.2, 0) is 4.79 Å². The molecule has 0 aliphatic carbocycles. The van der Waals surface area contributed by atoms with E-state index in [1.54, 1.807) is 0 Å². The van der Waals surface area contributed by atoms with Gasteiger partial charge in [-0.15, -0.1) is 0 Å². The van der Waals surface area contributed by atoms with Crippen molar-refractivity contribution < 1.29 is 4.79 Å². The molecule has 1 amide bonds. The molecule has 0 bridgehead atoms. The summed E-state index contributed by atoms with van der Waals surface area (Å²) >= 11 is 0. The molecule has 0 N–H and O–H groups in total. The molecule has 21 heavy (non-hydrogen) atoms. The lowest BCUT2D eigenvalue weighted by Gasteiger charge is -2.37. The Morgan fingerprint density at radius 2 is 1.86 bits per heavy atom. The molecular formula is C17H23N3O. The second-order valence-corrected chi connectivity index (χ2v) is 5.54. The van der Waals surface area contributed by atoms with Gasteiger partial charge in [-0.05, 0) is 18.9 Å². The number of carbonyl (C=O) groups is 1. The molecule has 0 saturated carbocycles. The normalized spacial score (nSPS) is 18.8. The molecule has 0 spiro atoms. The van der Waals surface area contributed by atoms with Gasteiger partial charge in [0.2, 0.25) is 5.91 Å². The molecule has 4 nitrogen and oxygen atoms in total. The average Bonchev–Trinajstić information content (AvgIpc) is 2.56. The maximum absolute atomic E-state index is 12.7. The zero-order valence-electron chi connectivity index (χ0n) is 12.8. The molecule has 2 atom stereocenters. The predicted molar refractivity (Wildman–Crippen MR) is 82.7 cm³/mol. The molecule has 1 heterocycles. The lowest BCUT2D eigenvalue weighted by Crippen LogP contribution is -2.52. The van der Waals surface area contributed by atoms with Crippen LogP contribution in [0.1, 0.15) is 31.7 Å². The van der Waals surface area contributed by atoms with Crippen LogP contribution in [0.3, 0.4) is 0 Å². The van der Waals surface area contributed by atoms with Crippen LogP contribution in [0.15, 0.2) is 30.3 Å². The molecule has 2 unspecified atom stereocenters. The van der Waals surface area contributed by atoms with Gasteiger partial charge in [0.25, 0.3) is 0 Å². The van der Waals surface area contributed by atoms with Gasteiger partial charge in [0.05, 0.1) is 18.0 Å². The SMILES string of the molecule is CCC(C(=O)N1CCN(C(C)C#N)CC1)c1ccccc1. The molecule has 4 heteroatoms. The molecule has 1 fully saturated rings. The summed E-state index contributed by atoms with van der Waals surface area (Å²) in [4.78, 5) is 16.8. The zero-order valence-corrected chi connectivity index (χ0v) is 12.8. The first-order valence-corrected chi connectivity index (χ1v) is 7.64. The largest absolute Gasteiger partial charge is 0.340 e. The molecule has 2 rings (SSSR count). The van der Waals surface area contributed by atoms with Crippen molar-refractivity contribution in [3.63, 3.8) is 0 Å². The molecule has 0 radical (unpaired) electrons. The van der Waals surface area contributed by atoms with Crippen molar-refractivity contribution in [3.8, 4) is 6.07 Å². The highest BCUT2D eigenvalue weighted by Gasteiger charge is 2.28. The van der Waals surface area contributed by atoms with Crippen LogP contribution in [0.5, 0.6) is 0 Å². The number of carbonyl (C=O) groups excluding carboxylic acids is 1. The van der Waals surface area contributed by atoms with Crippen LogP contribution < -0.4 is 0 Å². The Morgan fingerprint density at radius 1 is 1.24 bits per heavy atom. The van der Waals surface area contributed by atoms with Crippen LogP contribution in [0, 0.1) is 11.3 Å². The van der Waals surface area contributed by atoms with E-state index in [9.17, 15) is 4.79 Å². The fraction of sp³-hybridized carbons (Fsp3) is 0.529. The molecule has 1 saturated heterocycles. The smallest absolute Gasteiger partial charge is 0.230 e. The summed E-state index contributed by atoms with van der Waals surface area (Å²) < 4.78 is 0. The van der Waals surface area contributed by atoms with E-state index < -0.39 is 0 Å². The maximum Gasteiger partial charge on any atom is 0.230 e. The Bertz CT molecular complexity index is 501. The third-order valence-electron chi connectivity index (χ3n) is 4.27. The maximum atomic E-state index is 12.7. The van der Waals surface area contributed by atoms with Gasteiger partial charge in [0.1, 0.15) is 0 Å². The van der Waals surface area contributed by atoms with Crippen LogP contribution in [0.2, 0.25) is 0 Å². The Balaban J connectivity index is 1.99. The van der Waals surface area contributed by atoms with E-state index >= 15 is 0 Å². The molecular weight excluding hydrogens is 262 g/mol. The summed E-state index contributed by atoms with van der Waals surface area (Å²) in [6.45, 7) is 6.97. The van der Waals surface area contributed by atoms with Crippen molar-refractivity contribution in [3.05, 3.63) is 35.9 Å². The quantitative estimate of drug-likeness (QED) is 0.852. The van der Waals surface area contributed by atoms with E-state index in [4.69, 9.17) is 5.26 Å². The van der Waals surface area contributed by atoms with Crippen molar-refractivity contribution in [1.82, 2.24) is 9.80 Å². The number of amides is 1. The Kier molecular flexibility index (Phi) is 5.35. The van der Waals surface area contributed by atoms with Gasteiger partial charge in [0, 0.05) is 26.2 Å². The van der Waals surface area contributed by atoms with Crippen LogP contribution in [0.25, 0.3) is 0 Å². The summed E-state index contributed by atoms with van der Waals surface area (Å²) in [5.41, 5.74) is 1.10. The van der Waals surface area contributed by atoms with Gasteiger partial charge in [-0.1, -0.05) is 37.3 Å². The zero-order chi connectivity index (χ0) is 15.2. The summed E-state index contributed by atoms with van der Waals surface area (Å²) in [6, 6.07) is 12.2. The van der Waals surface area contributed by atoms with E-state index in [-0.39, 0.29) is 17.9 Å². The molecule has 112 valence electrons. The predicted octanol–water partition coefficient (Wildman–Crippen LogP) is 2.24. The highest BCUT2D eigenvalue weighted by atomic mass is 16.2. The first-order valence-electron chi connectivity index (χ1n) is 7.64. The second-order valence-electron chi connectivity index (χ2n) is 5.54. The number of benzene rings is 1. The molecule has 1 aromatic rings. The van der Waals surface area contributed by atoms with Crippen molar-refractivity contribution in [2.75, 3.05) is 26.2 Å². The minimum absolute atomic E-state index is 0.0499. The third-order valence-corrected chi connectivity index (χ3v) is 4.27. The monoisotopic (exact) mass is 285 g/mol. The van der Waals surface area contributed by atoms with Crippen molar-refractivity contribution in [2.45, 2.75) is 32.2 Å². The fourth-order valence-electron chi connectivity index (χ4n) is 2.87. The summed E-state index contributed by atoms with van der Waals surface area (Å²) in [5.74, 6) is 0.166. The number of hydrogen-bond acceptors (Lipinski definition) is 3. The molecule has 0 aromatic heterocycles. The Labute approximate surface area is 127 Å². The molecule has 1 aliphatic rings. The van der Waals surface area contributed by atoms with Gasteiger partial charge >= 0.3 is 0 Å². The second kappa shape index (κ2) is 7.24. The van der Waals surface area contributed by atoms with Crippen molar-refractivity contribution >= 4 is 5.91 Å². The molecule has 1 aliphatic heterocycles. The van der Waals surface area contributed by atoms with Crippen LogP contribution >= 0.6 is 0 Å². The lowest BCUT2D eigenvalue weighted by molar-refractivity contribution is -0.134. The minimum Gasteiger partial charge on any atom is -0.340 e. The van der Waals surface area contributed by atoms with E-state index in [1.165, 1.54) is 0 Å². The topological polar surface area (TPSA) is 47.3 Å². The average molecular weight is 285 g/mol. The number of piperazine rings is 1. The van der Waals surface area contributed by atoms with Crippen molar-refractivity contribution in [2.24, 2.45) is 0 Å². The van der Waals surface area contributed by atoms with E-state index in [1.807, 2.05) is 42.2 Å². The highest BCUT2D eigenvalue weighted by Crippen LogP contribution is 2.22. The van der Waals surface area contributed by atoms with E-state index in [2.05, 4.69) is 17.9 Å². The third kappa shape index (κ3) is 3.62. The van der Waals surface area contributed by atoms with Crippen LogP contribution in [-0.4, -0.2) is 47.9 Å².